The van der Waals surface area contributed by atoms with Gasteiger partial charge in [0.2, 0.25) is 5.91 Å². The largest absolute Gasteiger partial charge is 0.369 e. The molecule has 2 aromatic carbocycles. The van der Waals surface area contributed by atoms with E-state index in [0.717, 1.165) is 51.1 Å². The highest BCUT2D eigenvalue weighted by Gasteiger charge is 2.24. The Morgan fingerprint density at radius 2 is 1.79 bits per heavy atom. The lowest BCUT2D eigenvalue weighted by molar-refractivity contribution is -0.384. The van der Waals surface area contributed by atoms with Crippen molar-refractivity contribution in [3.8, 4) is 0 Å². The Balaban J connectivity index is 1.28. The molecular formula is C22H26N4O3. The molecular weight excluding hydrogens is 368 g/mol. The summed E-state index contributed by atoms with van der Waals surface area (Å²) in [6.07, 6.45) is 3.19. The van der Waals surface area contributed by atoms with Gasteiger partial charge in [0.15, 0.2) is 0 Å². The Hall–Kier alpha value is -2.93. The van der Waals surface area contributed by atoms with Gasteiger partial charge in [-0.25, -0.2) is 0 Å². The Labute approximate surface area is 170 Å². The van der Waals surface area contributed by atoms with Crippen molar-refractivity contribution < 1.29 is 9.72 Å². The summed E-state index contributed by atoms with van der Waals surface area (Å²) in [5, 5.41) is 14.0. The fourth-order valence-electron chi connectivity index (χ4n) is 4.30. The predicted octanol–water partition coefficient (Wildman–Crippen LogP) is 2.91. The van der Waals surface area contributed by atoms with Crippen molar-refractivity contribution in [3.63, 3.8) is 0 Å². The molecule has 1 atom stereocenters. The van der Waals surface area contributed by atoms with Crippen molar-refractivity contribution in [1.82, 2.24) is 10.2 Å². The lowest BCUT2D eigenvalue weighted by atomic mass is 9.88. The van der Waals surface area contributed by atoms with Gasteiger partial charge < -0.3 is 10.2 Å². The molecule has 0 saturated carbocycles. The SMILES string of the molecule is O=C(CN1CCN(c2ccc([N+](=O)[O-])cc2)CC1)N[C@H]1CCCc2ccccc21. The number of nitro groups is 1. The Bertz CT molecular complexity index is 876. The van der Waals surface area contributed by atoms with E-state index >= 15 is 0 Å². The number of nitrogens with one attached hydrogen (secondary N) is 1. The smallest absolute Gasteiger partial charge is 0.269 e. The van der Waals surface area contributed by atoms with Crippen molar-refractivity contribution in [3.05, 3.63) is 69.8 Å². The van der Waals surface area contributed by atoms with Crippen LogP contribution >= 0.6 is 0 Å². The second kappa shape index (κ2) is 8.61. The van der Waals surface area contributed by atoms with Crippen LogP contribution in [0.25, 0.3) is 0 Å². The maximum Gasteiger partial charge on any atom is 0.269 e. The molecule has 0 spiro atoms. The first-order chi connectivity index (χ1) is 14.1. The highest BCUT2D eigenvalue weighted by Crippen LogP contribution is 2.29. The maximum absolute atomic E-state index is 12.6. The van der Waals surface area contributed by atoms with E-state index in [9.17, 15) is 14.9 Å². The molecule has 1 aliphatic carbocycles. The monoisotopic (exact) mass is 394 g/mol. The van der Waals surface area contributed by atoms with Crippen LogP contribution in [0.3, 0.4) is 0 Å². The average Bonchev–Trinajstić information content (AvgIpc) is 2.74. The number of hydrogen-bond donors (Lipinski definition) is 1. The van der Waals surface area contributed by atoms with E-state index < -0.39 is 0 Å². The van der Waals surface area contributed by atoms with Crippen molar-refractivity contribution in [2.45, 2.75) is 25.3 Å². The van der Waals surface area contributed by atoms with Gasteiger partial charge in [-0.2, -0.15) is 0 Å². The van der Waals surface area contributed by atoms with Crippen LogP contribution in [0.5, 0.6) is 0 Å². The molecule has 4 rings (SSSR count). The molecule has 1 amide bonds. The number of anilines is 1. The zero-order chi connectivity index (χ0) is 20.2. The first kappa shape index (κ1) is 19.4. The topological polar surface area (TPSA) is 78.7 Å². The lowest BCUT2D eigenvalue weighted by Gasteiger charge is -2.36. The number of hydrogen-bond acceptors (Lipinski definition) is 5. The molecule has 1 saturated heterocycles. The zero-order valence-electron chi connectivity index (χ0n) is 16.4. The van der Waals surface area contributed by atoms with Crippen LogP contribution in [0.1, 0.15) is 30.0 Å². The standard InChI is InChI=1S/C22H26N4O3/c27-22(23-21-7-3-5-17-4-1-2-6-20(17)21)16-24-12-14-25(15-13-24)18-8-10-19(11-9-18)26(28)29/h1-2,4,6,8-11,21H,3,5,7,12-16H2,(H,23,27)/t21-/m0/s1. The first-order valence-electron chi connectivity index (χ1n) is 10.2. The van der Waals surface area contributed by atoms with E-state index in [1.807, 2.05) is 6.07 Å². The molecule has 0 unspecified atom stereocenters. The number of nitrogens with zero attached hydrogens (tertiary/aromatic N) is 3. The third-order valence-electron chi connectivity index (χ3n) is 5.87. The zero-order valence-corrected chi connectivity index (χ0v) is 16.4. The third kappa shape index (κ3) is 4.56. The summed E-state index contributed by atoms with van der Waals surface area (Å²) in [7, 11) is 0. The van der Waals surface area contributed by atoms with Gasteiger partial charge in [0.25, 0.3) is 5.69 Å². The van der Waals surface area contributed by atoms with Crippen molar-refractivity contribution >= 4 is 17.3 Å². The summed E-state index contributed by atoms with van der Waals surface area (Å²) in [5.41, 5.74) is 3.70. The predicted molar refractivity (Wildman–Crippen MR) is 112 cm³/mol. The third-order valence-corrected chi connectivity index (χ3v) is 5.87. The Kier molecular flexibility index (Phi) is 5.76. The maximum atomic E-state index is 12.6. The fourth-order valence-corrected chi connectivity index (χ4v) is 4.30. The van der Waals surface area contributed by atoms with Gasteiger partial charge in [0, 0.05) is 44.0 Å². The van der Waals surface area contributed by atoms with E-state index in [4.69, 9.17) is 0 Å². The number of carbonyl (C=O) groups excluding carboxylic acids is 1. The van der Waals surface area contributed by atoms with E-state index in [-0.39, 0.29) is 22.6 Å². The van der Waals surface area contributed by atoms with Gasteiger partial charge in [-0.15, -0.1) is 0 Å². The minimum Gasteiger partial charge on any atom is -0.369 e. The number of carbonyl (C=O) groups is 1. The molecule has 7 nitrogen and oxygen atoms in total. The van der Waals surface area contributed by atoms with E-state index in [2.05, 4.69) is 33.3 Å². The number of piperazine rings is 1. The Morgan fingerprint density at radius 3 is 2.52 bits per heavy atom. The molecule has 0 radical (unpaired) electrons. The number of nitro benzene ring substituents is 1. The normalized spacial score (nSPS) is 19.4. The van der Waals surface area contributed by atoms with Gasteiger partial charge in [0.05, 0.1) is 17.5 Å². The quantitative estimate of drug-likeness (QED) is 0.623. The van der Waals surface area contributed by atoms with Crippen LogP contribution in [0.4, 0.5) is 11.4 Å². The second-order valence-corrected chi connectivity index (χ2v) is 7.75. The van der Waals surface area contributed by atoms with Gasteiger partial charge in [-0.1, -0.05) is 24.3 Å². The van der Waals surface area contributed by atoms with E-state index in [1.165, 1.54) is 23.3 Å². The first-order valence-corrected chi connectivity index (χ1v) is 10.2. The number of fused-ring (bicyclic) bond motifs is 1. The second-order valence-electron chi connectivity index (χ2n) is 7.75. The lowest BCUT2D eigenvalue weighted by Crippen LogP contribution is -2.50. The number of aryl methyl sites for hydroxylation is 1. The summed E-state index contributed by atoms with van der Waals surface area (Å²) in [5.74, 6) is 0.0792. The van der Waals surface area contributed by atoms with Crippen LogP contribution < -0.4 is 10.2 Å². The van der Waals surface area contributed by atoms with Crippen LogP contribution in [-0.2, 0) is 11.2 Å². The molecule has 1 aliphatic heterocycles. The van der Waals surface area contributed by atoms with Crippen molar-refractivity contribution in [1.29, 1.82) is 0 Å². The van der Waals surface area contributed by atoms with Gasteiger partial charge in [-0.05, 0) is 42.5 Å². The highest BCUT2D eigenvalue weighted by atomic mass is 16.6. The van der Waals surface area contributed by atoms with Crippen LogP contribution in [0.15, 0.2) is 48.5 Å². The highest BCUT2D eigenvalue weighted by molar-refractivity contribution is 5.78. The minimum atomic E-state index is -0.384. The molecule has 0 aromatic heterocycles. The molecule has 0 bridgehead atoms. The number of amides is 1. The van der Waals surface area contributed by atoms with E-state index in [1.54, 1.807) is 12.1 Å². The number of non-ortho nitro benzene ring substituents is 1. The summed E-state index contributed by atoms with van der Waals surface area (Å²) in [6, 6.07) is 15.2. The molecule has 29 heavy (non-hydrogen) atoms. The Morgan fingerprint density at radius 1 is 1.07 bits per heavy atom. The summed E-state index contributed by atoms with van der Waals surface area (Å²) >= 11 is 0. The molecule has 1 fully saturated rings. The summed E-state index contributed by atoms with van der Waals surface area (Å²) in [4.78, 5) is 27.4. The van der Waals surface area contributed by atoms with E-state index in [0.29, 0.717) is 6.54 Å². The van der Waals surface area contributed by atoms with Crippen molar-refractivity contribution in [2.75, 3.05) is 37.6 Å². The summed E-state index contributed by atoms with van der Waals surface area (Å²) in [6.45, 7) is 3.61. The van der Waals surface area contributed by atoms with Crippen LogP contribution in [0, 0.1) is 10.1 Å². The molecule has 2 aliphatic rings. The van der Waals surface area contributed by atoms with Gasteiger partial charge in [-0.3, -0.25) is 19.8 Å². The molecule has 1 heterocycles. The number of benzene rings is 2. The van der Waals surface area contributed by atoms with Crippen LogP contribution in [-0.4, -0.2) is 48.5 Å². The fraction of sp³-hybridized carbons (Fsp3) is 0.409. The minimum absolute atomic E-state index is 0.0792. The van der Waals surface area contributed by atoms with Gasteiger partial charge in [0.1, 0.15) is 0 Å². The molecule has 1 N–H and O–H groups in total. The number of rotatable bonds is 5. The van der Waals surface area contributed by atoms with Gasteiger partial charge >= 0.3 is 0 Å². The van der Waals surface area contributed by atoms with Crippen molar-refractivity contribution in [2.24, 2.45) is 0 Å². The molecule has 7 heteroatoms. The molecule has 152 valence electrons. The average molecular weight is 394 g/mol. The summed E-state index contributed by atoms with van der Waals surface area (Å²) < 4.78 is 0. The molecule has 2 aromatic rings. The van der Waals surface area contributed by atoms with Crippen LogP contribution in [0.2, 0.25) is 0 Å².